The molecule has 2 aromatic heterocycles. The highest BCUT2D eigenvalue weighted by Crippen LogP contribution is 2.26. The summed E-state index contributed by atoms with van der Waals surface area (Å²) in [5.74, 6) is 0.402. The van der Waals surface area contributed by atoms with Gasteiger partial charge >= 0.3 is 0 Å². The third kappa shape index (κ3) is 2.60. The average Bonchev–Trinajstić information content (AvgIpc) is 2.30. The van der Waals surface area contributed by atoms with Gasteiger partial charge in [-0.15, -0.1) is 0 Å². The molecule has 0 amide bonds. The third-order valence-corrected chi connectivity index (χ3v) is 2.92. The van der Waals surface area contributed by atoms with Crippen LogP contribution in [-0.4, -0.2) is 9.97 Å². The molecule has 0 radical (unpaired) electrons. The molecule has 18 heavy (non-hydrogen) atoms. The van der Waals surface area contributed by atoms with Crippen molar-refractivity contribution >= 4 is 17.4 Å². The first kappa shape index (κ1) is 12.8. The molecule has 0 saturated heterocycles. The number of hydrogen-bond donors (Lipinski definition) is 2. The lowest BCUT2D eigenvalue weighted by Gasteiger charge is -2.15. The van der Waals surface area contributed by atoms with Gasteiger partial charge in [0.1, 0.15) is 5.82 Å². The zero-order chi connectivity index (χ0) is 13.3. The second-order valence-corrected chi connectivity index (χ2v) is 4.73. The first-order valence-corrected chi connectivity index (χ1v) is 5.97. The third-order valence-electron chi connectivity index (χ3n) is 2.71. The molecule has 4 N–H and O–H groups in total. The van der Waals surface area contributed by atoms with Gasteiger partial charge in [0, 0.05) is 23.1 Å². The molecule has 0 aliphatic carbocycles. The van der Waals surface area contributed by atoms with Crippen molar-refractivity contribution in [2.24, 2.45) is 5.73 Å². The zero-order valence-electron chi connectivity index (χ0n) is 10.3. The average molecular weight is 263 g/mol. The Morgan fingerprint density at radius 3 is 2.39 bits per heavy atom. The normalized spacial score (nSPS) is 12.4. The Kier molecular flexibility index (Phi) is 3.50. The molecular weight excluding hydrogens is 248 g/mol. The van der Waals surface area contributed by atoms with E-state index in [1.807, 2.05) is 26.0 Å². The molecule has 1 unspecified atom stereocenters. The van der Waals surface area contributed by atoms with Gasteiger partial charge in [0.15, 0.2) is 0 Å². The molecular formula is C13H15ClN4. The van der Waals surface area contributed by atoms with Crippen molar-refractivity contribution in [1.29, 1.82) is 0 Å². The van der Waals surface area contributed by atoms with Gasteiger partial charge in [-0.3, -0.25) is 4.98 Å². The van der Waals surface area contributed by atoms with Crippen LogP contribution in [0.5, 0.6) is 0 Å². The highest BCUT2D eigenvalue weighted by atomic mass is 35.5. The molecule has 2 rings (SSSR count). The van der Waals surface area contributed by atoms with Crippen molar-refractivity contribution in [3.05, 3.63) is 51.9 Å². The molecule has 0 aliphatic heterocycles. The fraction of sp³-hybridized carbons (Fsp3) is 0.231. The summed E-state index contributed by atoms with van der Waals surface area (Å²) in [6.45, 7) is 3.87. The Labute approximate surface area is 111 Å². The fourth-order valence-electron chi connectivity index (χ4n) is 1.94. The van der Waals surface area contributed by atoms with E-state index in [9.17, 15) is 0 Å². The quantitative estimate of drug-likeness (QED) is 0.871. The summed E-state index contributed by atoms with van der Waals surface area (Å²) in [5, 5.41) is 0.525. The highest BCUT2D eigenvalue weighted by Gasteiger charge is 2.14. The Morgan fingerprint density at radius 1 is 1.17 bits per heavy atom. The van der Waals surface area contributed by atoms with E-state index in [1.54, 1.807) is 6.07 Å². The van der Waals surface area contributed by atoms with Crippen molar-refractivity contribution in [1.82, 2.24) is 9.97 Å². The summed E-state index contributed by atoms with van der Waals surface area (Å²) in [6, 6.07) is 5.28. The van der Waals surface area contributed by atoms with Gasteiger partial charge in [0.2, 0.25) is 0 Å². The highest BCUT2D eigenvalue weighted by molar-refractivity contribution is 6.30. The van der Waals surface area contributed by atoms with Gasteiger partial charge < -0.3 is 11.5 Å². The lowest BCUT2D eigenvalue weighted by atomic mass is 9.99. The van der Waals surface area contributed by atoms with Crippen LogP contribution in [0.1, 0.15) is 28.6 Å². The van der Waals surface area contributed by atoms with Crippen LogP contribution in [0.15, 0.2) is 24.4 Å². The molecule has 0 bridgehead atoms. The lowest BCUT2D eigenvalue weighted by Crippen LogP contribution is -2.15. The number of nitrogen functional groups attached to an aromatic ring is 1. The van der Waals surface area contributed by atoms with Crippen LogP contribution >= 0.6 is 11.6 Å². The molecule has 0 aromatic carbocycles. The Bertz CT molecular complexity index is 563. The molecule has 5 heteroatoms. The number of aromatic nitrogens is 2. The maximum atomic E-state index is 6.22. The number of nitrogens with two attached hydrogens (primary N) is 2. The summed E-state index contributed by atoms with van der Waals surface area (Å²) >= 11 is 5.92. The Hall–Kier alpha value is -1.65. The topological polar surface area (TPSA) is 77.8 Å². The van der Waals surface area contributed by atoms with E-state index >= 15 is 0 Å². The van der Waals surface area contributed by atoms with E-state index < -0.39 is 0 Å². The predicted molar refractivity (Wildman–Crippen MR) is 73.4 cm³/mol. The van der Waals surface area contributed by atoms with Crippen LogP contribution in [0.25, 0.3) is 0 Å². The molecule has 2 heterocycles. The smallest absolute Gasteiger partial charge is 0.128 e. The van der Waals surface area contributed by atoms with Crippen LogP contribution in [0, 0.1) is 13.8 Å². The van der Waals surface area contributed by atoms with Crippen molar-refractivity contribution in [3.63, 3.8) is 0 Å². The number of halogens is 1. The Morgan fingerprint density at radius 2 is 1.78 bits per heavy atom. The van der Waals surface area contributed by atoms with E-state index in [0.717, 1.165) is 22.5 Å². The van der Waals surface area contributed by atoms with Crippen LogP contribution in [0.3, 0.4) is 0 Å². The number of pyridine rings is 2. The molecule has 2 aromatic rings. The van der Waals surface area contributed by atoms with Crippen LogP contribution < -0.4 is 11.5 Å². The van der Waals surface area contributed by atoms with Gasteiger partial charge in [0.25, 0.3) is 0 Å². The molecule has 1 atom stereocenters. The molecule has 0 fully saturated rings. The molecule has 0 spiro atoms. The number of rotatable bonds is 2. The van der Waals surface area contributed by atoms with Gasteiger partial charge in [-0.25, -0.2) is 4.98 Å². The second kappa shape index (κ2) is 4.92. The van der Waals surface area contributed by atoms with E-state index in [4.69, 9.17) is 23.1 Å². The zero-order valence-corrected chi connectivity index (χ0v) is 11.1. The van der Waals surface area contributed by atoms with E-state index in [1.165, 1.54) is 6.20 Å². The Balaban J connectivity index is 2.47. The first-order valence-electron chi connectivity index (χ1n) is 5.59. The number of hydrogen-bond acceptors (Lipinski definition) is 4. The predicted octanol–water partition coefficient (Wildman–Crippen LogP) is 2.38. The number of anilines is 1. The maximum absolute atomic E-state index is 6.22. The summed E-state index contributed by atoms with van der Waals surface area (Å²) in [7, 11) is 0. The summed E-state index contributed by atoms with van der Waals surface area (Å²) in [6.07, 6.45) is 1.51. The molecule has 4 nitrogen and oxygen atoms in total. The monoisotopic (exact) mass is 262 g/mol. The van der Waals surface area contributed by atoms with Gasteiger partial charge in [0.05, 0.1) is 11.1 Å². The van der Waals surface area contributed by atoms with Crippen molar-refractivity contribution in [2.45, 2.75) is 19.9 Å². The molecule has 0 saturated carbocycles. The van der Waals surface area contributed by atoms with E-state index in [-0.39, 0.29) is 6.04 Å². The first-order chi connectivity index (χ1) is 8.47. The minimum Gasteiger partial charge on any atom is -0.383 e. The number of nitrogens with zero attached hydrogens (tertiary/aromatic N) is 2. The lowest BCUT2D eigenvalue weighted by molar-refractivity contribution is 0.856. The SMILES string of the molecule is Cc1cc(C(N)c2cc(Cl)cnc2N)cc(C)n1. The largest absolute Gasteiger partial charge is 0.383 e. The summed E-state index contributed by atoms with van der Waals surface area (Å²) in [4.78, 5) is 8.34. The number of aryl methyl sites for hydroxylation is 2. The van der Waals surface area contributed by atoms with Gasteiger partial charge in [-0.2, -0.15) is 0 Å². The molecule has 94 valence electrons. The minimum atomic E-state index is -0.350. The standard InChI is InChI=1S/C13H15ClN4/c1-7-3-9(4-8(2)18-7)12(15)11-5-10(14)6-17-13(11)16/h3-6,12H,15H2,1-2H3,(H2,16,17). The van der Waals surface area contributed by atoms with Gasteiger partial charge in [-0.05, 0) is 37.6 Å². The second-order valence-electron chi connectivity index (χ2n) is 4.29. The fourth-order valence-corrected chi connectivity index (χ4v) is 2.11. The van der Waals surface area contributed by atoms with Crippen molar-refractivity contribution < 1.29 is 0 Å². The van der Waals surface area contributed by atoms with Crippen molar-refractivity contribution in [2.75, 3.05) is 5.73 Å². The van der Waals surface area contributed by atoms with Crippen LogP contribution in [0.4, 0.5) is 5.82 Å². The van der Waals surface area contributed by atoms with E-state index in [2.05, 4.69) is 9.97 Å². The maximum Gasteiger partial charge on any atom is 0.128 e. The summed E-state index contributed by atoms with van der Waals surface area (Å²) in [5.41, 5.74) is 15.6. The van der Waals surface area contributed by atoms with E-state index in [0.29, 0.717) is 10.8 Å². The van der Waals surface area contributed by atoms with Gasteiger partial charge in [-0.1, -0.05) is 11.6 Å². The molecule has 0 aliphatic rings. The van der Waals surface area contributed by atoms with Crippen molar-refractivity contribution in [3.8, 4) is 0 Å². The summed E-state index contributed by atoms with van der Waals surface area (Å²) < 4.78 is 0. The van der Waals surface area contributed by atoms with Crippen LogP contribution in [-0.2, 0) is 0 Å². The minimum absolute atomic E-state index is 0.350. The van der Waals surface area contributed by atoms with Crippen LogP contribution in [0.2, 0.25) is 5.02 Å².